The number of nitrogens with zero attached hydrogens (tertiary/aromatic N) is 1. The minimum atomic E-state index is -0.194. The smallest absolute Gasteiger partial charge is 0.251 e. The minimum Gasteiger partial charge on any atom is -0.352 e. The van der Waals surface area contributed by atoms with Gasteiger partial charge in [0.25, 0.3) is 5.91 Å². The van der Waals surface area contributed by atoms with Gasteiger partial charge >= 0.3 is 0 Å². The van der Waals surface area contributed by atoms with E-state index >= 15 is 0 Å². The van der Waals surface area contributed by atoms with Gasteiger partial charge in [-0.3, -0.25) is 9.59 Å². The third kappa shape index (κ3) is 5.96. The number of hydrogen-bond acceptors (Lipinski definition) is 2. The third-order valence-electron chi connectivity index (χ3n) is 4.90. The van der Waals surface area contributed by atoms with E-state index in [9.17, 15) is 9.59 Å². The Balaban J connectivity index is 1.38. The van der Waals surface area contributed by atoms with Crippen molar-refractivity contribution in [2.45, 2.75) is 13.0 Å². The summed E-state index contributed by atoms with van der Waals surface area (Å²) in [6, 6.07) is 14.6. The summed E-state index contributed by atoms with van der Waals surface area (Å²) in [4.78, 5) is 27.8. The number of rotatable bonds is 6. The molecule has 7 heteroatoms. The molecule has 1 aliphatic heterocycles. The van der Waals surface area contributed by atoms with Gasteiger partial charge in [-0.15, -0.1) is 0 Å². The quantitative estimate of drug-likeness (QED) is 0.750. The van der Waals surface area contributed by atoms with Crippen LogP contribution in [0.25, 0.3) is 0 Å². The molecule has 0 atom stereocenters. The summed E-state index contributed by atoms with van der Waals surface area (Å²) < 4.78 is 0. The fourth-order valence-corrected chi connectivity index (χ4v) is 3.67. The van der Waals surface area contributed by atoms with Gasteiger partial charge in [0.15, 0.2) is 0 Å². The zero-order valence-corrected chi connectivity index (χ0v) is 17.1. The molecule has 0 radical (unpaired) electrons. The lowest BCUT2D eigenvalue weighted by Gasteiger charge is -2.32. The molecule has 0 aromatic heterocycles. The van der Waals surface area contributed by atoms with E-state index < -0.39 is 0 Å². The summed E-state index contributed by atoms with van der Waals surface area (Å²) in [5.74, 6) is -0.113. The maximum Gasteiger partial charge on any atom is 0.251 e. The molecular formula is C21H24Cl2N3O2+. The van der Waals surface area contributed by atoms with Gasteiger partial charge in [0.2, 0.25) is 5.91 Å². The summed E-state index contributed by atoms with van der Waals surface area (Å²) in [6.45, 7) is 4.54. The lowest BCUT2D eigenvalue weighted by molar-refractivity contribution is -0.917. The summed E-state index contributed by atoms with van der Waals surface area (Å²) in [7, 11) is 0. The van der Waals surface area contributed by atoms with E-state index in [1.54, 1.807) is 24.3 Å². The van der Waals surface area contributed by atoms with Crippen molar-refractivity contribution >= 4 is 35.0 Å². The maximum atomic E-state index is 12.4. The highest BCUT2D eigenvalue weighted by atomic mass is 35.5. The first-order valence-corrected chi connectivity index (χ1v) is 10.2. The van der Waals surface area contributed by atoms with E-state index in [0.717, 1.165) is 37.7 Å². The minimum absolute atomic E-state index is 0.0817. The summed E-state index contributed by atoms with van der Waals surface area (Å²) in [5.41, 5.74) is 1.75. The number of hydrogen-bond donors (Lipinski definition) is 2. The molecule has 2 aromatic carbocycles. The molecule has 1 saturated heterocycles. The van der Waals surface area contributed by atoms with Gasteiger partial charge in [-0.25, -0.2) is 0 Å². The van der Waals surface area contributed by atoms with Gasteiger partial charge in [-0.2, -0.15) is 0 Å². The number of piperazine rings is 1. The van der Waals surface area contributed by atoms with Crippen molar-refractivity contribution in [3.8, 4) is 0 Å². The van der Waals surface area contributed by atoms with E-state index in [1.165, 1.54) is 10.5 Å². The van der Waals surface area contributed by atoms with E-state index in [2.05, 4.69) is 11.4 Å². The molecule has 0 saturated carbocycles. The Hall–Kier alpha value is -2.08. The molecule has 2 aromatic rings. The molecule has 1 fully saturated rings. The molecule has 148 valence electrons. The van der Waals surface area contributed by atoms with E-state index in [-0.39, 0.29) is 11.8 Å². The van der Waals surface area contributed by atoms with Gasteiger partial charge in [-0.1, -0.05) is 35.3 Å². The number of carbonyl (C=O) groups excluding carboxylic acids is 2. The van der Waals surface area contributed by atoms with E-state index in [1.807, 2.05) is 23.1 Å². The molecular weight excluding hydrogens is 397 g/mol. The van der Waals surface area contributed by atoms with Crippen LogP contribution in [-0.4, -0.2) is 49.4 Å². The Kier molecular flexibility index (Phi) is 7.31. The van der Waals surface area contributed by atoms with Crippen molar-refractivity contribution in [1.29, 1.82) is 0 Å². The topological polar surface area (TPSA) is 53.9 Å². The molecule has 28 heavy (non-hydrogen) atoms. The second-order valence-electron chi connectivity index (χ2n) is 6.95. The molecule has 3 rings (SSSR count). The number of amides is 2. The van der Waals surface area contributed by atoms with Crippen molar-refractivity contribution in [1.82, 2.24) is 10.2 Å². The van der Waals surface area contributed by atoms with Gasteiger partial charge < -0.3 is 15.1 Å². The highest BCUT2D eigenvalue weighted by molar-refractivity contribution is 6.30. The van der Waals surface area contributed by atoms with Crippen molar-refractivity contribution in [2.75, 3.05) is 32.7 Å². The lowest BCUT2D eigenvalue weighted by Crippen LogP contribution is -3.13. The fourth-order valence-electron chi connectivity index (χ4n) is 3.33. The Labute approximate surface area is 175 Å². The largest absolute Gasteiger partial charge is 0.352 e. The lowest BCUT2D eigenvalue weighted by atomic mass is 10.2. The standard InChI is InChI=1S/C21H23Cl2N3O2/c22-18-6-4-17(5-7-18)21(28)24-9-8-20(27)26-12-10-25(11-13-26)15-16-2-1-3-19(23)14-16/h1-7,14H,8-13,15H2,(H,24,28)/p+1. The van der Waals surface area contributed by atoms with Crippen molar-refractivity contribution in [3.05, 3.63) is 69.7 Å². The second kappa shape index (κ2) is 9.92. The van der Waals surface area contributed by atoms with Crippen LogP contribution in [0.5, 0.6) is 0 Å². The number of carbonyl (C=O) groups is 2. The predicted molar refractivity (Wildman–Crippen MR) is 111 cm³/mol. The summed E-state index contributed by atoms with van der Waals surface area (Å²) in [6.07, 6.45) is 0.308. The van der Waals surface area contributed by atoms with Crippen molar-refractivity contribution in [2.24, 2.45) is 0 Å². The van der Waals surface area contributed by atoms with Gasteiger partial charge in [0.05, 0.1) is 26.2 Å². The first-order valence-electron chi connectivity index (χ1n) is 9.41. The Bertz CT molecular complexity index is 819. The van der Waals surface area contributed by atoms with Crippen molar-refractivity contribution in [3.63, 3.8) is 0 Å². The van der Waals surface area contributed by atoms with Crippen LogP contribution in [0.2, 0.25) is 10.0 Å². The number of halogens is 2. The highest BCUT2D eigenvalue weighted by Gasteiger charge is 2.23. The summed E-state index contributed by atoms with van der Waals surface area (Å²) in [5, 5.41) is 4.13. The van der Waals surface area contributed by atoms with Crippen LogP contribution < -0.4 is 10.2 Å². The number of benzene rings is 2. The highest BCUT2D eigenvalue weighted by Crippen LogP contribution is 2.10. The van der Waals surface area contributed by atoms with Gasteiger partial charge in [0, 0.05) is 34.1 Å². The zero-order chi connectivity index (χ0) is 19.9. The molecule has 2 amide bonds. The fraction of sp³-hybridized carbons (Fsp3) is 0.333. The Morgan fingerprint density at radius 1 is 1.00 bits per heavy atom. The Morgan fingerprint density at radius 2 is 1.71 bits per heavy atom. The van der Waals surface area contributed by atoms with Crippen LogP contribution >= 0.6 is 23.2 Å². The van der Waals surface area contributed by atoms with E-state index in [4.69, 9.17) is 23.2 Å². The average Bonchev–Trinajstić information content (AvgIpc) is 2.69. The third-order valence-corrected chi connectivity index (χ3v) is 5.38. The first kappa shape index (κ1) is 20.6. The SMILES string of the molecule is O=C(NCCC(=O)N1CC[NH+](Cc2cccc(Cl)c2)CC1)c1ccc(Cl)cc1. The van der Waals surface area contributed by atoms with Crippen LogP contribution in [0, 0.1) is 0 Å². The Morgan fingerprint density at radius 3 is 2.39 bits per heavy atom. The van der Waals surface area contributed by atoms with Crippen LogP contribution in [0.15, 0.2) is 48.5 Å². The second-order valence-corrected chi connectivity index (χ2v) is 7.82. The normalized spacial score (nSPS) is 14.7. The van der Waals surface area contributed by atoms with Crippen molar-refractivity contribution < 1.29 is 14.5 Å². The number of quaternary nitrogens is 1. The molecule has 5 nitrogen and oxygen atoms in total. The molecule has 0 spiro atoms. The van der Waals surface area contributed by atoms with E-state index in [0.29, 0.717) is 23.6 Å². The monoisotopic (exact) mass is 420 g/mol. The van der Waals surface area contributed by atoms with Crippen LogP contribution in [0.3, 0.4) is 0 Å². The van der Waals surface area contributed by atoms with Gasteiger partial charge in [0.1, 0.15) is 6.54 Å². The predicted octanol–water partition coefficient (Wildman–Crippen LogP) is 2.04. The van der Waals surface area contributed by atoms with Crippen LogP contribution in [-0.2, 0) is 11.3 Å². The molecule has 1 heterocycles. The molecule has 0 bridgehead atoms. The average molecular weight is 421 g/mol. The molecule has 0 aliphatic carbocycles. The van der Waals surface area contributed by atoms with Crippen LogP contribution in [0.4, 0.5) is 0 Å². The summed E-state index contributed by atoms with van der Waals surface area (Å²) >= 11 is 11.9. The maximum absolute atomic E-state index is 12.4. The number of nitrogens with one attached hydrogen (secondary N) is 2. The zero-order valence-electron chi connectivity index (χ0n) is 15.6. The van der Waals surface area contributed by atoms with Gasteiger partial charge in [-0.05, 0) is 36.4 Å². The molecule has 1 aliphatic rings. The molecule has 2 N–H and O–H groups in total. The van der Waals surface area contributed by atoms with Crippen LogP contribution in [0.1, 0.15) is 22.3 Å². The first-order chi connectivity index (χ1) is 13.5. The molecule has 0 unspecified atom stereocenters.